The van der Waals surface area contributed by atoms with Crippen molar-refractivity contribution in [2.75, 3.05) is 6.61 Å². The quantitative estimate of drug-likeness (QED) is 0.673. The van der Waals surface area contributed by atoms with E-state index in [4.69, 9.17) is 10.1 Å². The molecular formula is C9H17ClN2O. The third kappa shape index (κ3) is 3.53. The fraction of sp³-hybridized carbons (Fsp3) is 0.889. The van der Waals surface area contributed by atoms with Crippen LogP contribution in [-0.2, 0) is 4.74 Å². The standard InChI is InChI=1S/C9H16N2O.ClH/c10-9-4-2-1-3-7(11-9)5-8-6-12-8;/h7-8H,1-6H2,(H2,10,11);1H. The fourth-order valence-corrected chi connectivity index (χ4v) is 1.78. The lowest BCUT2D eigenvalue weighted by atomic mass is 10.1. The van der Waals surface area contributed by atoms with E-state index in [1.54, 1.807) is 0 Å². The van der Waals surface area contributed by atoms with Gasteiger partial charge in [-0.2, -0.15) is 0 Å². The molecule has 0 radical (unpaired) electrons. The van der Waals surface area contributed by atoms with Gasteiger partial charge in [-0.3, -0.25) is 5.41 Å². The van der Waals surface area contributed by atoms with Gasteiger partial charge in [-0.05, 0) is 19.3 Å². The summed E-state index contributed by atoms with van der Waals surface area (Å²) in [5.41, 5.74) is 0. The summed E-state index contributed by atoms with van der Waals surface area (Å²) in [6, 6.07) is 0.507. The third-order valence-corrected chi connectivity index (χ3v) is 2.56. The molecule has 0 amide bonds. The average molecular weight is 205 g/mol. The van der Waals surface area contributed by atoms with Gasteiger partial charge in [-0.1, -0.05) is 6.42 Å². The first-order valence-corrected chi connectivity index (χ1v) is 4.80. The highest BCUT2D eigenvalue weighted by Gasteiger charge is 2.27. The summed E-state index contributed by atoms with van der Waals surface area (Å²) in [5.74, 6) is 0.721. The Morgan fingerprint density at radius 3 is 2.92 bits per heavy atom. The van der Waals surface area contributed by atoms with E-state index in [2.05, 4.69) is 5.32 Å². The van der Waals surface area contributed by atoms with Gasteiger partial charge in [0.05, 0.1) is 18.5 Å². The maximum absolute atomic E-state index is 7.57. The van der Waals surface area contributed by atoms with Crippen LogP contribution < -0.4 is 5.32 Å². The van der Waals surface area contributed by atoms with Gasteiger partial charge in [-0.25, -0.2) is 0 Å². The van der Waals surface area contributed by atoms with E-state index in [9.17, 15) is 0 Å². The smallest absolute Gasteiger partial charge is 0.0933 e. The lowest BCUT2D eigenvalue weighted by Gasteiger charge is -2.15. The van der Waals surface area contributed by atoms with Gasteiger partial charge in [-0.15, -0.1) is 12.4 Å². The minimum Gasteiger partial charge on any atom is -0.373 e. The monoisotopic (exact) mass is 204 g/mol. The highest BCUT2D eigenvalue weighted by atomic mass is 35.5. The second-order valence-corrected chi connectivity index (χ2v) is 3.76. The average Bonchev–Trinajstić information content (AvgIpc) is 2.80. The van der Waals surface area contributed by atoms with Gasteiger partial charge in [0.25, 0.3) is 0 Å². The third-order valence-electron chi connectivity index (χ3n) is 2.56. The molecule has 2 N–H and O–H groups in total. The number of halogens is 1. The van der Waals surface area contributed by atoms with Crippen molar-refractivity contribution in [2.45, 2.75) is 44.2 Å². The molecule has 2 atom stereocenters. The molecule has 0 spiro atoms. The maximum atomic E-state index is 7.57. The number of amidine groups is 1. The van der Waals surface area contributed by atoms with E-state index >= 15 is 0 Å². The highest BCUT2D eigenvalue weighted by Crippen LogP contribution is 2.20. The van der Waals surface area contributed by atoms with E-state index in [-0.39, 0.29) is 12.4 Å². The zero-order chi connectivity index (χ0) is 8.39. The Kier molecular flexibility index (Phi) is 4.00. The van der Waals surface area contributed by atoms with Crippen LogP contribution in [-0.4, -0.2) is 24.6 Å². The van der Waals surface area contributed by atoms with E-state index in [0.29, 0.717) is 12.1 Å². The van der Waals surface area contributed by atoms with Crippen LogP contribution in [0.3, 0.4) is 0 Å². The van der Waals surface area contributed by atoms with Crippen molar-refractivity contribution in [1.82, 2.24) is 5.32 Å². The molecule has 2 heterocycles. The predicted octanol–water partition coefficient (Wildman–Crippen LogP) is 1.71. The molecule has 0 aliphatic carbocycles. The van der Waals surface area contributed by atoms with Crippen LogP contribution in [0.4, 0.5) is 0 Å². The van der Waals surface area contributed by atoms with Gasteiger partial charge in [0.1, 0.15) is 0 Å². The van der Waals surface area contributed by atoms with Crippen molar-refractivity contribution in [1.29, 1.82) is 5.41 Å². The van der Waals surface area contributed by atoms with Gasteiger partial charge in [0, 0.05) is 12.5 Å². The SMILES string of the molecule is Cl.N=C1CCCCC(CC2CO2)N1. The van der Waals surface area contributed by atoms with Crippen molar-refractivity contribution >= 4 is 18.2 Å². The molecule has 0 aromatic heterocycles. The molecule has 0 aromatic rings. The summed E-state index contributed by atoms with van der Waals surface area (Å²) in [7, 11) is 0. The largest absolute Gasteiger partial charge is 0.373 e. The number of nitrogens with one attached hydrogen (secondary N) is 2. The molecule has 2 aliphatic heterocycles. The molecule has 2 saturated heterocycles. The Morgan fingerprint density at radius 1 is 1.46 bits per heavy atom. The van der Waals surface area contributed by atoms with Crippen molar-refractivity contribution < 1.29 is 4.74 Å². The van der Waals surface area contributed by atoms with Gasteiger partial charge in [0.15, 0.2) is 0 Å². The molecule has 13 heavy (non-hydrogen) atoms. The first-order valence-electron chi connectivity index (χ1n) is 4.80. The normalized spacial score (nSPS) is 32.8. The Hall–Kier alpha value is -0.280. The second kappa shape index (κ2) is 4.82. The zero-order valence-electron chi connectivity index (χ0n) is 7.71. The van der Waals surface area contributed by atoms with Crippen LogP contribution >= 0.6 is 12.4 Å². The fourth-order valence-electron chi connectivity index (χ4n) is 1.78. The summed E-state index contributed by atoms with van der Waals surface area (Å²) in [6.07, 6.45) is 6.17. The number of ether oxygens (including phenoxy) is 1. The van der Waals surface area contributed by atoms with Crippen LogP contribution in [0.2, 0.25) is 0 Å². The summed E-state index contributed by atoms with van der Waals surface area (Å²) in [6.45, 7) is 0.936. The minimum atomic E-state index is 0. The highest BCUT2D eigenvalue weighted by molar-refractivity contribution is 5.85. The molecule has 0 aromatic carbocycles. The molecule has 76 valence electrons. The Balaban J connectivity index is 0.000000845. The van der Waals surface area contributed by atoms with Gasteiger partial charge in [0.2, 0.25) is 0 Å². The molecule has 0 bridgehead atoms. The van der Waals surface area contributed by atoms with Crippen LogP contribution in [0.15, 0.2) is 0 Å². The molecule has 2 unspecified atom stereocenters. The van der Waals surface area contributed by atoms with E-state index in [0.717, 1.165) is 25.3 Å². The summed E-state index contributed by atoms with van der Waals surface area (Å²) in [5, 5.41) is 10.8. The number of hydrogen-bond donors (Lipinski definition) is 2. The lowest BCUT2D eigenvalue weighted by Crippen LogP contribution is -2.33. The van der Waals surface area contributed by atoms with Crippen LogP contribution in [0.25, 0.3) is 0 Å². The van der Waals surface area contributed by atoms with E-state index < -0.39 is 0 Å². The molecule has 2 rings (SSSR count). The predicted molar refractivity (Wildman–Crippen MR) is 54.7 cm³/mol. The van der Waals surface area contributed by atoms with Crippen molar-refractivity contribution in [3.63, 3.8) is 0 Å². The minimum absolute atomic E-state index is 0. The summed E-state index contributed by atoms with van der Waals surface area (Å²) >= 11 is 0. The topological polar surface area (TPSA) is 48.4 Å². The van der Waals surface area contributed by atoms with Gasteiger partial charge >= 0.3 is 0 Å². The van der Waals surface area contributed by atoms with Crippen molar-refractivity contribution in [2.24, 2.45) is 0 Å². The molecule has 4 heteroatoms. The Labute approximate surface area is 85.1 Å². The van der Waals surface area contributed by atoms with Crippen molar-refractivity contribution in [3.8, 4) is 0 Å². The molecule has 3 nitrogen and oxygen atoms in total. The first-order chi connectivity index (χ1) is 5.84. The Morgan fingerprint density at radius 2 is 2.23 bits per heavy atom. The van der Waals surface area contributed by atoms with Crippen LogP contribution in [0.5, 0.6) is 0 Å². The lowest BCUT2D eigenvalue weighted by molar-refractivity contribution is 0.366. The number of epoxide rings is 1. The van der Waals surface area contributed by atoms with E-state index in [1.165, 1.54) is 19.3 Å². The second-order valence-electron chi connectivity index (χ2n) is 3.76. The first kappa shape index (κ1) is 10.8. The maximum Gasteiger partial charge on any atom is 0.0933 e. The van der Waals surface area contributed by atoms with Crippen LogP contribution in [0.1, 0.15) is 32.1 Å². The van der Waals surface area contributed by atoms with Crippen molar-refractivity contribution in [3.05, 3.63) is 0 Å². The molecular weight excluding hydrogens is 188 g/mol. The zero-order valence-corrected chi connectivity index (χ0v) is 8.53. The Bertz CT molecular complexity index is 182. The van der Waals surface area contributed by atoms with Crippen LogP contribution in [0, 0.1) is 5.41 Å². The summed E-state index contributed by atoms with van der Waals surface area (Å²) in [4.78, 5) is 0. The van der Waals surface area contributed by atoms with E-state index in [1.807, 2.05) is 0 Å². The summed E-state index contributed by atoms with van der Waals surface area (Å²) < 4.78 is 5.18. The molecule has 0 saturated carbocycles. The number of hydrogen-bond acceptors (Lipinski definition) is 2. The molecule has 2 fully saturated rings. The number of rotatable bonds is 2. The molecule has 2 aliphatic rings. The van der Waals surface area contributed by atoms with Gasteiger partial charge < -0.3 is 10.1 Å².